The summed E-state index contributed by atoms with van der Waals surface area (Å²) in [5, 5.41) is 6.75. The number of amides is 2. The lowest BCUT2D eigenvalue weighted by molar-refractivity contribution is 0.206. The van der Waals surface area contributed by atoms with Gasteiger partial charge in [0, 0.05) is 37.1 Å². The Morgan fingerprint density at radius 1 is 1.25 bits per heavy atom. The Balaban J connectivity index is 1.13. The molecule has 0 aliphatic carbocycles. The van der Waals surface area contributed by atoms with Crippen LogP contribution in [-0.2, 0) is 6.54 Å². The molecule has 1 aromatic carbocycles. The minimum atomic E-state index is -0.0571. The predicted octanol–water partition coefficient (Wildman–Crippen LogP) is 3.44. The Hall–Kier alpha value is -2.36. The van der Waals surface area contributed by atoms with Crippen molar-refractivity contribution in [1.82, 2.24) is 24.7 Å². The molecule has 1 N–H and O–H groups in total. The third kappa shape index (κ3) is 3.52. The van der Waals surface area contributed by atoms with Crippen LogP contribution in [0.4, 0.5) is 4.79 Å². The molecule has 0 spiro atoms. The molecule has 2 aliphatic heterocycles. The van der Waals surface area contributed by atoms with E-state index in [9.17, 15) is 4.79 Å². The highest BCUT2D eigenvalue weighted by Crippen LogP contribution is 2.34. The molecule has 2 aromatic heterocycles. The third-order valence-electron chi connectivity index (χ3n) is 4.91. The first-order valence-electron chi connectivity index (χ1n) is 9.05. The Labute approximate surface area is 170 Å². The highest BCUT2D eigenvalue weighted by Gasteiger charge is 2.32. The van der Waals surface area contributed by atoms with E-state index in [0.717, 1.165) is 24.3 Å². The Morgan fingerprint density at radius 2 is 2.07 bits per heavy atom. The van der Waals surface area contributed by atoms with E-state index in [2.05, 4.69) is 38.0 Å². The summed E-state index contributed by atoms with van der Waals surface area (Å²) in [6.07, 6.45) is 0. The van der Waals surface area contributed by atoms with Crippen LogP contribution < -0.4 is 5.32 Å². The highest BCUT2D eigenvalue weighted by atomic mass is 32.2. The van der Waals surface area contributed by atoms with E-state index in [0.29, 0.717) is 25.4 Å². The molecule has 0 fully saturated rings. The van der Waals surface area contributed by atoms with E-state index in [1.54, 1.807) is 23.3 Å². The molecule has 0 bridgehead atoms. The molecule has 144 valence electrons. The number of benzene rings is 1. The van der Waals surface area contributed by atoms with Gasteiger partial charge in [-0.2, -0.15) is 0 Å². The molecule has 9 heteroatoms. The second-order valence-electron chi connectivity index (χ2n) is 7.03. The van der Waals surface area contributed by atoms with E-state index in [1.165, 1.54) is 20.7 Å². The minimum Gasteiger partial charge on any atom is -0.359 e. The number of carbonyl (C=O) groups is 1. The van der Waals surface area contributed by atoms with Gasteiger partial charge in [0.1, 0.15) is 0 Å². The fourth-order valence-corrected chi connectivity index (χ4v) is 5.40. The van der Waals surface area contributed by atoms with E-state index in [-0.39, 0.29) is 6.03 Å². The maximum Gasteiger partial charge on any atom is 0.318 e. The van der Waals surface area contributed by atoms with Crippen LogP contribution >= 0.6 is 23.3 Å². The van der Waals surface area contributed by atoms with Gasteiger partial charge in [-0.15, -0.1) is 11.3 Å². The van der Waals surface area contributed by atoms with Gasteiger partial charge >= 0.3 is 6.03 Å². The van der Waals surface area contributed by atoms with Gasteiger partial charge in [0.15, 0.2) is 5.76 Å². The minimum absolute atomic E-state index is 0.0571. The summed E-state index contributed by atoms with van der Waals surface area (Å²) in [6.45, 7) is 5.41. The van der Waals surface area contributed by atoms with Gasteiger partial charge in [0.05, 0.1) is 28.0 Å². The van der Waals surface area contributed by atoms with E-state index in [4.69, 9.17) is 4.52 Å². The number of aromatic nitrogens is 2. The van der Waals surface area contributed by atoms with Crippen molar-refractivity contribution in [3.05, 3.63) is 52.4 Å². The second kappa shape index (κ2) is 7.23. The topological polar surface area (TPSA) is 74.5 Å². The number of nitrogens with zero attached hydrogens (tertiary/aromatic N) is 4. The van der Waals surface area contributed by atoms with Gasteiger partial charge in [0.2, 0.25) is 0 Å². The van der Waals surface area contributed by atoms with Gasteiger partial charge in [-0.3, -0.25) is 0 Å². The van der Waals surface area contributed by atoms with Gasteiger partial charge < -0.3 is 14.7 Å². The van der Waals surface area contributed by atoms with Crippen LogP contribution in [0.25, 0.3) is 10.2 Å². The molecule has 5 rings (SSSR count). The summed E-state index contributed by atoms with van der Waals surface area (Å²) in [5.74, 6) is 0.672. The standard InChI is InChI=1S/C19H19N5O2S2/c1-12-4-15(26-22-12)6-20-19(25)23-7-13-9-24(10-14(13)8-23)28-16-2-3-17-18(5-16)27-11-21-17/h2-5,11H,6-10H2,1H3,(H,20,25). The van der Waals surface area contributed by atoms with E-state index >= 15 is 0 Å². The Kier molecular flexibility index (Phi) is 4.58. The van der Waals surface area contributed by atoms with E-state index in [1.807, 2.05) is 23.4 Å². The molecular weight excluding hydrogens is 394 g/mol. The average Bonchev–Trinajstić information content (AvgIpc) is 3.43. The molecule has 2 amide bonds. The zero-order valence-corrected chi connectivity index (χ0v) is 17.0. The lowest BCUT2D eigenvalue weighted by atomic mass is 10.2. The smallest absolute Gasteiger partial charge is 0.318 e. The largest absolute Gasteiger partial charge is 0.359 e. The van der Waals surface area contributed by atoms with Crippen molar-refractivity contribution in [1.29, 1.82) is 0 Å². The fourth-order valence-electron chi connectivity index (χ4n) is 3.57. The number of hydrogen-bond acceptors (Lipinski definition) is 7. The summed E-state index contributed by atoms with van der Waals surface area (Å²) in [5.41, 5.74) is 6.47. The molecule has 0 saturated heterocycles. The summed E-state index contributed by atoms with van der Waals surface area (Å²) >= 11 is 3.45. The molecule has 28 heavy (non-hydrogen) atoms. The normalized spacial score (nSPS) is 17.0. The Bertz CT molecular complexity index is 1060. The Morgan fingerprint density at radius 3 is 2.82 bits per heavy atom. The van der Waals surface area contributed by atoms with Gasteiger partial charge in [0.25, 0.3) is 0 Å². The molecule has 7 nitrogen and oxygen atoms in total. The summed E-state index contributed by atoms with van der Waals surface area (Å²) in [6, 6.07) is 8.18. The van der Waals surface area contributed by atoms with Crippen LogP contribution in [0.1, 0.15) is 11.5 Å². The van der Waals surface area contributed by atoms with Crippen molar-refractivity contribution in [2.75, 3.05) is 26.2 Å². The van der Waals surface area contributed by atoms with Gasteiger partial charge in [-0.1, -0.05) is 5.16 Å². The van der Waals surface area contributed by atoms with Crippen LogP contribution in [0.2, 0.25) is 0 Å². The lowest BCUT2D eigenvalue weighted by Gasteiger charge is -2.22. The monoisotopic (exact) mass is 413 g/mol. The first kappa shape index (κ1) is 17.7. The zero-order chi connectivity index (χ0) is 19.1. The molecule has 0 atom stereocenters. The number of hydrogen-bond donors (Lipinski definition) is 1. The summed E-state index contributed by atoms with van der Waals surface area (Å²) < 4.78 is 8.72. The number of fused-ring (bicyclic) bond motifs is 1. The number of aryl methyl sites for hydroxylation is 1. The molecule has 0 unspecified atom stereocenters. The van der Waals surface area contributed by atoms with Gasteiger partial charge in [-0.25, -0.2) is 14.1 Å². The molecule has 2 aliphatic rings. The third-order valence-corrected chi connectivity index (χ3v) is 6.69. The lowest BCUT2D eigenvalue weighted by Crippen LogP contribution is -2.40. The van der Waals surface area contributed by atoms with Crippen molar-refractivity contribution >= 4 is 39.5 Å². The van der Waals surface area contributed by atoms with E-state index < -0.39 is 0 Å². The summed E-state index contributed by atoms with van der Waals surface area (Å²) in [7, 11) is 0. The number of carbonyl (C=O) groups excluding carboxylic acids is 1. The number of rotatable bonds is 4. The van der Waals surface area contributed by atoms with Crippen molar-refractivity contribution in [2.24, 2.45) is 0 Å². The average molecular weight is 414 g/mol. The van der Waals surface area contributed by atoms with Crippen molar-refractivity contribution in [3.8, 4) is 0 Å². The van der Waals surface area contributed by atoms with Crippen LogP contribution in [-0.4, -0.2) is 51.6 Å². The van der Waals surface area contributed by atoms with Crippen LogP contribution in [0.3, 0.4) is 0 Å². The molecule has 4 heterocycles. The van der Waals surface area contributed by atoms with Crippen LogP contribution in [0.5, 0.6) is 0 Å². The van der Waals surface area contributed by atoms with Crippen LogP contribution in [0, 0.1) is 6.92 Å². The number of nitrogens with one attached hydrogen (secondary N) is 1. The van der Waals surface area contributed by atoms with Crippen molar-refractivity contribution in [3.63, 3.8) is 0 Å². The van der Waals surface area contributed by atoms with Crippen molar-refractivity contribution < 1.29 is 9.32 Å². The molecular formula is C19H19N5O2S2. The highest BCUT2D eigenvalue weighted by molar-refractivity contribution is 7.97. The van der Waals surface area contributed by atoms with Crippen LogP contribution in [0.15, 0.2) is 50.3 Å². The number of thiazole rings is 1. The van der Waals surface area contributed by atoms with Crippen molar-refractivity contribution in [2.45, 2.75) is 18.4 Å². The molecule has 0 radical (unpaired) electrons. The molecule has 0 saturated carbocycles. The number of urea groups is 1. The SMILES string of the molecule is Cc1cc(CNC(=O)N2CC3=C(CN(Sc4ccc5ncsc5c4)C3)C2)on1. The maximum atomic E-state index is 12.4. The summed E-state index contributed by atoms with van der Waals surface area (Å²) in [4.78, 5) is 19.9. The fraction of sp³-hybridized carbons (Fsp3) is 0.316. The first-order chi connectivity index (χ1) is 13.6. The quantitative estimate of drug-likeness (QED) is 0.522. The first-order valence-corrected chi connectivity index (χ1v) is 10.7. The predicted molar refractivity (Wildman–Crippen MR) is 109 cm³/mol. The maximum absolute atomic E-state index is 12.4. The molecule has 3 aromatic rings. The second-order valence-corrected chi connectivity index (χ2v) is 9.08. The zero-order valence-electron chi connectivity index (χ0n) is 15.3. The van der Waals surface area contributed by atoms with Gasteiger partial charge in [-0.05, 0) is 48.2 Å².